The monoisotopic (exact) mass is 438 g/mol. The third kappa shape index (κ3) is 5.07. The second kappa shape index (κ2) is 9.78. The minimum Gasteiger partial charge on any atom is -0.462 e. The topological polar surface area (TPSA) is 88.3 Å². The summed E-state index contributed by atoms with van der Waals surface area (Å²) in [6, 6.07) is 27.3. The highest BCUT2D eigenvalue weighted by atomic mass is 16.5. The van der Waals surface area contributed by atoms with E-state index in [9.17, 15) is 14.4 Å². The van der Waals surface area contributed by atoms with E-state index >= 15 is 0 Å². The van der Waals surface area contributed by atoms with Gasteiger partial charge in [0.2, 0.25) is 0 Å². The van der Waals surface area contributed by atoms with E-state index in [4.69, 9.17) is 4.74 Å². The lowest BCUT2D eigenvalue weighted by Crippen LogP contribution is -2.23. The normalized spacial score (nSPS) is 10.5. The number of nitrogens with one attached hydrogen (secondary N) is 2. The Hall–Kier alpha value is -4.45. The molecule has 6 heteroatoms. The molecular weight excluding hydrogens is 416 g/mol. The second-order valence-electron chi connectivity index (χ2n) is 7.31. The molecule has 0 aliphatic rings. The first kappa shape index (κ1) is 21.8. The fraction of sp³-hybridized carbons (Fsp3) is 0.0741. The number of aromatic nitrogens is 1. The Balaban J connectivity index is 1.47. The van der Waals surface area contributed by atoms with Crippen LogP contribution in [0.15, 0.2) is 95.8 Å². The van der Waals surface area contributed by atoms with Crippen LogP contribution in [-0.4, -0.2) is 23.5 Å². The molecule has 0 bridgehead atoms. The maximum atomic E-state index is 12.6. The second-order valence-corrected chi connectivity index (χ2v) is 7.31. The van der Waals surface area contributed by atoms with Crippen LogP contribution in [0.3, 0.4) is 0 Å². The van der Waals surface area contributed by atoms with Crippen molar-refractivity contribution < 1.29 is 14.3 Å². The molecule has 4 aromatic rings. The first-order valence-electron chi connectivity index (χ1n) is 10.5. The first-order chi connectivity index (χ1) is 16.0. The number of carbonyl (C=O) groups excluding carboxylic acids is 2. The lowest BCUT2D eigenvalue weighted by Gasteiger charge is -2.08. The molecule has 33 heavy (non-hydrogen) atoms. The summed E-state index contributed by atoms with van der Waals surface area (Å²) in [5.41, 5.74) is 4.01. The lowest BCUT2D eigenvalue weighted by molar-refractivity contribution is 0.0526. The predicted molar refractivity (Wildman–Crippen MR) is 128 cm³/mol. The molecule has 0 aliphatic heterocycles. The molecule has 0 unspecified atom stereocenters. The highest BCUT2D eigenvalue weighted by Crippen LogP contribution is 2.23. The van der Waals surface area contributed by atoms with E-state index in [1.165, 1.54) is 6.07 Å². The van der Waals surface area contributed by atoms with Crippen molar-refractivity contribution in [1.82, 2.24) is 4.98 Å². The van der Waals surface area contributed by atoms with E-state index < -0.39 is 17.4 Å². The molecule has 1 aromatic heterocycles. The Morgan fingerprint density at radius 1 is 0.788 bits per heavy atom. The van der Waals surface area contributed by atoms with Crippen molar-refractivity contribution in [2.45, 2.75) is 6.92 Å². The number of H-pyrrole nitrogens is 1. The number of aromatic amines is 1. The van der Waals surface area contributed by atoms with Crippen LogP contribution in [0.25, 0.3) is 22.4 Å². The molecule has 3 aromatic carbocycles. The van der Waals surface area contributed by atoms with Gasteiger partial charge in [-0.25, -0.2) is 4.79 Å². The molecule has 0 atom stereocenters. The highest BCUT2D eigenvalue weighted by Gasteiger charge is 2.13. The number of esters is 1. The smallest absolute Gasteiger partial charge is 0.338 e. The summed E-state index contributed by atoms with van der Waals surface area (Å²) in [6.07, 6.45) is 0. The molecule has 2 N–H and O–H groups in total. The molecule has 0 spiro atoms. The minimum absolute atomic E-state index is 0.00544. The molecule has 0 saturated heterocycles. The minimum atomic E-state index is -0.536. The van der Waals surface area contributed by atoms with Crippen molar-refractivity contribution in [1.29, 1.82) is 0 Å². The van der Waals surface area contributed by atoms with E-state index in [1.807, 2.05) is 54.6 Å². The average Bonchev–Trinajstić information content (AvgIpc) is 2.85. The number of anilines is 1. The van der Waals surface area contributed by atoms with Gasteiger partial charge in [-0.3, -0.25) is 9.59 Å². The molecule has 1 heterocycles. The molecule has 1 amide bonds. The summed E-state index contributed by atoms with van der Waals surface area (Å²) >= 11 is 0. The molecule has 164 valence electrons. The van der Waals surface area contributed by atoms with Crippen LogP contribution < -0.4 is 10.9 Å². The number of benzene rings is 3. The van der Waals surface area contributed by atoms with Gasteiger partial charge in [-0.15, -0.1) is 0 Å². The first-order valence-corrected chi connectivity index (χ1v) is 10.5. The summed E-state index contributed by atoms with van der Waals surface area (Å²) in [7, 11) is 0. The number of carbonyl (C=O) groups is 2. The Bertz CT molecular complexity index is 1330. The zero-order valence-electron chi connectivity index (χ0n) is 18.0. The summed E-state index contributed by atoms with van der Waals surface area (Å²) < 4.78 is 4.94. The van der Waals surface area contributed by atoms with Crippen molar-refractivity contribution in [3.8, 4) is 22.4 Å². The van der Waals surface area contributed by atoms with Crippen LogP contribution in [-0.2, 0) is 4.74 Å². The van der Waals surface area contributed by atoms with Crippen LogP contribution >= 0.6 is 0 Å². The Labute approximate surface area is 190 Å². The number of pyridine rings is 1. The van der Waals surface area contributed by atoms with Gasteiger partial charge in [0, 0.05) is 11.4 Å². The Kier molecular flexibility index (Phi) is 6.45. The highest BCUT2D eigenvalue weighted by molar-refractivity contribution is 6.04. The van der Waals surface area contributed by atoms with Crippen LogP contribution in [0.5, 0.6) is 0 Å². The summed E-state index contributed by atoms with van der Waals surface area (Å²) in [4.78, 5) is 39.7. The Morgan fingerprint density at radius 2 is 1.42 bits per heavy atom. The zero-order valence-corrected chi connectivity index (χ0v) is 18.0. The third-order valence-corrected chi connectivity index (χ3v) is 5.11. The predicted octanol–water partition coefficient (Wildman–Crippen LogP) is 5.14. The number of ether oxygens (including phenoxy) is 1. The van der Waals surface area contributed by atoms with Crippen LogP contribution in [0.2, 0.25) is 0 Å². The van der Waals surface area contributed by atoms with Crippen LogP contribution in [0.4, 0.5) is 5.69 Å². The molecule has 0 aliphatic carbocycles. The van der Waals surface area contributed by atoms with E-state index in [0.717, 1.165) is 16.7 Å². The van der Waals surface area contributed by atoms with Gasteiger partial charge < -0.3 is 15.0 Å². The quantitative estimate of drug-likeness (QED) is 0.408. The lowest BCUT2D eigenvalue weighted by atomic mass is 10.0. The summed E-state index contributed by atoms with van der Waals surface area (Å²) in [6.45, 7) is 2.02. The van der Waals surface area contributed by atoms with E-state index in [0.29, 0.717) is 16.9 Å². The number of hydrogen-bond donors (Lipinski definition) is 2. The summed E-state index contributed by atoms with van der Waals surface area (Å²) in [5, 5.41) is 2.67. The van der Waals surface area contributed by atoms with Crippen LogP contribution in [0, 0.1) is 0 Å². The maximum absolute atomic E-state index is 12.6. The van der Waals surface area contributed by atoms with Gasteiger partial charge in [0.15, 0.2) is 0 Å². The van der Waals surface area contributed by atoms with Crippen molar-refractivity contribution >= 4 is 17.6 Å². The standard InChI is InChI=1S/C27H22N2O4/c1-2-33-27(32)21-12-14-22(15-13-21)28-25(30)23-16-17-24(29-26(23)31)20-10-8-19(9-11-20)18-6-4-3-5-7-18/h3-17H,2H2,1H3,(H,28,30)(H,29,31). The molecule has 0 fully saturated rings. The molecule has 0 saturated carbocycles. The Morgan fingerprint density at radius 3 is 2.06 bits per heavy atom. The van der Waals surface area contributed by atoms with Crippen molar-refractivity contribution in [2.75, 3.05) is 11.9 Å². The van der Waals surface area contributed by atoms with Gasteiger partial charge in [-0.05, 0) is 60.0 Å². The summed E-state index contributed by atoms with van der Waals surface area (Å²) in [5.74, 6) is -0.967. The fourth-order valence-electron chi connectivity index (χ4n) is 3.40. The van der Waals surface area contributed by atoms with Crippen molar-refractivity contribution in [2.24, 2.45) is 0 Å². The third-order valence-electron chi connectivity index (χ3n) is 5.11. The largest absolute Gasteiger partial charge is 0.462 e. The van der Waals surface area contributed by atoms with Crippen molar-refractivity contribution in [3.63, 3.8) is 0 Å². The van der Waals surface area contributed by atoms with Gasteiger partial charge in [0.1, 0.15) is 5.56 Å². The number of rotatable bonds is 6. The van der Waals surface area contributed by atoms with E-state index in [-0.39, 0.29) is 12.2 Å². The maximum Gasteiger partial charge on any atom is 0.338 e. The van der Waals surface area contributed by atoms with Gasteiger partial charge in [-0.2, -0.15) is 0 Å². The van der Waals surface area contributed by atoms with Gasteiger partial charge in [0.25, 0.3) is 11.5 Å². The SMILES string of the molecule is CCOC(=O)c1ccc(NC(=O)c2ccc(-c3ccc(-c4ccccc4)cc3)[nH]c2=O)cc1. The molecule has 0 radical (unpaired) electrons. The average molecular weight is 438 g/mol. The number of hydrogen-bond acceptors (Lipinski definition) is 4. The van der Waals surface area contributed by atoms with Gasteiger partial charge in [-0.1, -0.05) is 54.6 Å². The van der Waals surface area contributed by atoms with Crippen molar-refractivity contribution in [3.05, 3.63) is 112 Å². The van der Waals surface area contributed by atoms with Crippen LogP contribution in [0.1, 0.15) is 27.6 Å². The zero-order chi connectivity index (χ0) is 23.2. The molecule has 4 rings (SSSR count). The molecule has 6 nitrogen and oxygen atoms in total. The number of amides is 1. The van der Waals surface area contributed by atoms with E-state index in [1.54, 1.807) is 37.3 Å². The van der Waals surface area contributed by atoms with Gasteiger partial charge in [0.05, 0.1) is 12.2 Å². The molecular formula is C27H22N2O4. The fourth-order valence-corrected chi connectivity index (χ4v) is 3.40. The van der Waals surface area contributed by atoms with Gasteiger partial charge >= 0.3 is 5.97 Å². The van der Waals surface area contributed by atoms with E-state index in [2.05, 4.69) is 10.3 Å².